The SMILES string of the molecule is C[C@H](C(=O)Nc1ccc(OC(F)(F)F)cc1)[NH+](C)Cc1ccsc1. The molecule has 0 fully saturated rings. The number of anilines is 1. The summed E-state index contributed by atoms with van der Waals surface area (Å²) in [5, 5.41) is 6.72. The number of carbonyl (C=O) groups is 1. The van der Waals surface area contributed by atoms with Gasteiger partial charge in [-0.25, -0.2) is 0 Å². The normalized spacial score (nSPS) is 14.0. The molecule has 0 aliphatic carbocycles. The van der Waals surface area contributed by atoms with Crippen LogP contribution in [0.5, 0.6) is 5.75 Å². The standard InChI is InChI=1S/C16H17F3N2O2S/c1-11(21(2)9-12-7-8-24-10-12)15(22)20-13-3-5-14(6-4-13)23-16(17,18)19/h3-8,10-11H,9H2,1-2H3,(H,20,22)/p+1/t11-/m1/s1. The number of hydrogen-bond donors (Lipinski definition) is 2. The van der Waals surface area contributed by atoms with Crippen molar-refractivity contribution in [3.05, 3.63) is 46.7 Å². The van der Waals surface area contributed by atoms with Gasteiger partial charge in [-0.2, -0.15) is 11.3 Å². The summed E-state index contributed by atoms with van der Waals surface area (Å²) in [6, 6.07) is 6.78. The van der Waals surface area contributed by atoms with Crippen molar-refractivity contribution in [1.82, 2.24) is 0 Å². The second-order valence-electron chi connectivity index (χ2n) is 5.44. The van der Waals surface area contributed by atoms with Crippen molar-refractivity contribution >= 4 is 22.9 Å². The first-order valence-electron chi connectivity index (χ1n) is 7.24. The zero-order valence-corrected chi connectivity index (χ0v) is 14.0. The highest BCUT2D eigenvalue weighted by atomic mass is 32.1. The van der Waals surface area contributed by atoms with E-state index in [9.17, 15) is 18.0 Å². The fraction of sp³-hybridized carbons (Fsp3) is 0.312. The van der Waals surface area contributed by atoms with Crippen molar-refractivity contribution in [3.63, 3.8) is 0 Å². The number of halogens is 3. The number of nitrogens with one attached hydrogen (secondary N) is 2. The van der Waals surface area contributed by atoms with E-state index in [2.05, 4.69) is 10.1 Å². The maximum Gasteiger partial charge on any atom is 0.573 e. The van der Waals surface area contributed by atoms with Gasteiger partial charge in [0.1, 0.15) is 12.3 Å². The highest BCUT2D eigenvalue weighted by Crippen LogP contribution is 2.23. The fourth-order valence-corrected chi connectivity index (χ4v) is 2.75. The van der Waals surface area contributed by atoms with Crippen molar-refractivity contribution in [1.29, 1.82) is 0 Å². The van der Waals surface area contributed by atoms with E-state index in [1.54, 1.807) is 18.3 Å². The molecule has 0 aliphatic heterocycles. The Labute approximate surface area is 141 Å². The molecule has 0 saturated heterocycles. The number of likely N-dealkylation sites (N-methyl/N-ethyl adjacent to an activating group) is 1. The Balaban J connectivity index is 1.91. The molecule has 130 valence electrons. The monoisotopic (exact) mass is 359 g/mol. The van der Waals surface area contributed by atoms with Crippen LogP contribution >= 0.6 is 11.3 Å². The smallest absolute Gasteiger partial charge is 0.406 e. The van der Waals surface area contributed by atoms with Gasteiger partial charge in [-0.1, -0.05) is 0 Å². The Bertz CT molecular complexity index is 657. The molecule has 2 atom stereocenters. The molecule has 0 aliphatic rings. The lowest BCUT2D eigenvalue weighted by atomic mass is 10.2. The van der Waals surface area contributed by atoms with E-state index >= 15 is 0 Å². The molecule has 4 nitrogen and oxygen atoms in total. The lowest BCUT2D eigenvalue weighted by Crippen LogP contribution is -3.12. The van der Waals surface area contributed by atoms with Gasteiger partial charge in [-0.15, -0.1) is 13.2 Å². The maximum absolute atomic E-state index is 12.3. The topological polar surface area (TPSA) is 42.8 Å². The van der Waals surface area contributed by atoms with E-state index in [0.29, 0.717) is 5.69 Å². The molecule has 2 N–H and O–H groups in total. The molecule has 1 amide bonds. The molecule has 2 rings (SSSR count). The van der Waals surface area contributed by atoms with Crippen molar-refractivity contribution in [2.45, 2.75) is 25.9 Å². The fourth-order valence-electron chi connectivity index (χ4n) is 2.08. The van der Waals surface area contributed by atoms with E-state index in [1.165, 1.54) is 12.1 Å². The lowest BCUT2D eigenvalue weighted by molar-refractivity contribution is -0.907. The third kappa shape index (κ3) is 5.54. The summed E-state index contributed by atoms with van der Waals surface area (Å²) in [6.07, 6.45) is -4.73. The predicted octanol–water partition coefficient (Wildman–Crippen LogP) is 2.69. The molecule has 1 heterocycles. The second kappa shape index (κ2) is 7.67. The first-order chi connectivity index (χ1) is 11.2. The highest BCUT2D eigenvalue weighted by Gasteiger charge is 2.31. The van der Waals surface area contributed by atoms with Gasteiger partial charge in [0.05, 0.1) is 7.05 Å². The van der Waals surface area contributed by atoms with Crippen molar-refractivity contribution in [2.75, 3.05) is 12.4 Å². The molecular weight excluding hydrogens is 341 g/mol. The number of ether oxygens (including phenoxy) is 1. The summed E-state index contributed by atoms with van der Waals surface area (Å²) in [6.45, 7) is 2.52. The minimum atomic E-state index is -4.73. The number of alkyl halides is 3. The van der Waals surface area contributed by atoms with Crippen LogP contribution < -0.4 is 15.0 Å². The average Bonchev–Trinajstić information content (AvgIpc) is 2.99. The van der Waals surface area contributed by atoms with Crippen molar-refractivity contribution in [2.24, 2.45) is 0 Å². The van der Waals surface area contributed by atoms with Gasteiger partial charge in [-0.05, 0) is 48.0 Å². The number of carbonyl (C=O) groups excluding carboxylic acids is 1. The highest BCUT2D eigenvalue weighted by molar-refractivity contribution is 7.07. The second-order valence-corrected chi connectivity index (χ2v) is 6.22. The predicted molar refractivity (Wildman–Crippen MR) is 86.1 cm³/mol. The van der Waals surface area contributed by atoms with E-state index in [4.69, 9.17) is 0 Å². The molecule has 1 unspecified atom stereocenters. The molecule has 0 radical (unpaired) electrons. The van der Waals surface area contributed by atoms with Gasteiger partial charge in [-0.3, -0.25) is 4.79 Å². The molecule has 2 aromatic rings. The third-order valence-corrected chi connectivity index (χ3v) is 4.28. The van der Waals surface area contributed by atoms with Gasteiger partial charge in [0.25, 0.3) is 5.91 Å². The average molecular weight is 359 g/mol. The Morgan fingerprint density at radius 3 is 2.50 bits per heavy atom. The van der Waals surface area contributed by atoms with Gasteiger partial charge < -0.3 is 15.0 Å². The third-order valence-electron chi connectivity index (χ3n) is 3.55. The zero-order chi connectivity index (χ0) is 17.7. The molecule has 1 aromatic heterocycles. The number of rotatable bonds is 6. The van der Waals surface area contributed by atoms with Crippen LogP contribution in [0, 0.1) is 0 Å². The Morgan fingerprint density at radius 1 is 1.29 bits per heavy atom. The number of amides is 1. The number of hydrogen-bond acceptors (Lipinski definition) is 3. The summed E-state index contributed by atoms with van der Waals surface area (Å²) in [4.78, 5) is 13.3. The molecule has 0 spiro atoms. The van der Waals surface area contributed by atoms with Gasteiger partial charge in [0, 0.05) is 11.3 Å². The van der Waals surface area contributed by atoms with Crippen LogP contribution in [0.3, 0.4) is 0 Å². The minimum absolute atomic E-state index is 0.202. The first-order valence-corrected chi connectivity index (χ1v) is 8.19. The molecule has 8 heteroatoms. The van der Waals surface area contributed by atoms with E-state index in [1.807, 2.05) is 23.9 Å². The summed E-state index contributed by atoms with van der Waals surface area (Å²) in [5.74, 6) is -0.527. The van der Waals surface area contributed by atoms with Crippen LogP contribution in [-0.4, -0.2) is 25.4 Å². The number of thiophene rings is 1. The van der Waals surface area contributed by atoms with Crippen LogP contribution in [0.2, 0.25) is 0 Å². The molecule has 0 saturated carbocycles. The molecule has 24 heavy (non-hydrogen) atoms. The molecule has 1 aromatic carbocycles. The van der Waals surface area contributed by atoms with Crippen LogP contribution in [0.1, 0.15) is 12.5 Å². The maximum atomic E-state index is 12.3. The Morgan fingerprint density at radius 2 is 1.96 bits per heavy atom. The summed E-state index contributed by atoms with van der Waals surface area (Å²) >= 11 is 1.60. The quantitative estimate of drug-likeness (QED) is 0.833. The van der Waals surface area contributed by atoms with Crippen molar-refractivity contribution in [3.8, 4) is 5.75 Å². The van der Waals surface area contributed by atoms with Gasteiger partial charge in [0.2, 0.25) is 0 Å². The van der Waals surface area contributed by atoms with Gasteiger partial charge in [0.15, 0.2) is 6.04 Å². The first kappa shape index (κ1) is 18.3. The number of benzene rings is 1. The van der Waals surface area contributed by atoms with E-state index < -0.39 is 6.36 Å². The Kier molecular flexibility index (Phi) is 5.84. The largest absolute Gasteiger partial charge is 0.573 e. The Hall–Kier alpha value is -2.06. The molecular formula is C16H18F3N2O2S+. The van der Waals surface area contributed by atoms with Crippen LogP contribution in [0.15, 0.2) is 41.1 Å². The summed E-state index contributed by atoms with van der Waals surface area (Å²) in [5.41, 5.74) is 1.58. The zero-order valence-electron chi connectivity index (χ0n) is 13.2. The number of quaternary nitrogens is 1. The van der Waals surface area contributed by atoms with Crippen molar-refractivity contribution < 1.29 is 27.6 Å². The van der Waals surface area contributed by atoms with Gasteiger partial charge >= 0.3 is 6.36 Å². The van der Waals surface area contributed by atoms with Crippen LogP contribution in [0.4, 0.5) is 18.9 Å². The minimum Gasteiger partial charge on any atom is -0.406 e. The van der Waals surface area contributed by atoms with Crippen LogP contribution in [0.25, 0.3) is 0 Å². The summed E-state index contributed by atoms with van der Waals surface area (Å²) < 4.78 is 40.1. The lowest BCUT2D eigenvalue weighted by Gasteiger charge is -2.20. The van der Waals surface area contributed by atoms with E-state index in [-0.39, 0.29) is 17.7 Å². The summed E-state index contributed by atoms with van der Waals surface area (Å²) in [7, 11) is 1.92. The van der Waals surface area contributed by atoms with Crippen LogP contribution in [-0.2, 0) is 11.3 Å². The molecule has 0 bridgehead atoms. The van der Waals surface area contributed by atoms with E-state index in [0.717, 1.165) is 29.1 Å².